The first-order chi connectivity index (χ1) is 13.6. The van der Waals surface area contributed by atoms with Crippen molar-refractivity contribution < 1.29 is 33.8 Å². The standard InChI is InChI=1S/C16H18I3N3O7/c1-20-14(24)6(4-28-2)21-15(25)8-10(17)9(16(26)27)12(19)13(11(8)18)22-7(23)5-29-3/h6H,4-5H2,1-3H3,(H,20,24)(H,21,25)(H,22,23)(H,26,27). The summed E-state index contributed by atoms with van der Waals surface area (Å²) in [6.07, 6.45) is 0. The molecule has 29 heavy (non-hydrogen) atoms. The summed E-state index contributed by atoms with van der Waals surface area (Å²) < 4.78 is 10.5. The summed E-state index contributed by atoms with van der Waals surface area (Å²) in [6.45, 7) is -0.319. The Morgan fingerprint density at radius 3 is 2.07 bits per heavy atom. The van der Waals surface area contributed by atoms with Gasteiger partial charge < -0.3 is 30.5 Å². The van der Waals surface area contributed by atoms with Crippen LogP contribution < -0.4 is 16.0 Å². The SMILES string of the molecule is CNC(=O)C(COC)NC(=O)c1c(I)c(NC(=O)COC)c(I)c(C(=O)O)c1I. The van der Waals surface area contributed by atoms with Gasteiger partial charge in [0, 0.05) is 24.8 Å². The molecular formula is C16H18I3N3O7. The predicted molar refractivity (Wildman–Crippen MR) is 129 cm³/mol. The molecule has 0 heterocycles. The highest BCUT2D eigenvalue weighted by Gasteiger charge is 2.30. The van der Waals surface area contributed by atoms with Crippen LogP contribution in [-0.2, 0) is 19.1 Å². The monoisotopic (exact) mass is 745 g/mol. The summed E-state index contributed by atoms with van der Waals surface area (Å²) >= 11 is 5.42. The Balaban J connectivity index is 3.53. The molecule has 10 nitrogen and oxygen atoms in total. The topological polar surface area (TPSA) is 143 Å². The minimum absolute atomic E-state index is 0.0294. The summed E-state index contributed by atoms with van der Waals surface area (Å²) in [6, 6.07) is -0.983. The predicted octanol–water partition coefficient (Wildman–Crippen LogP) is 1.27. The third-order valence-corrected chi connectivity index (χ3v) is 6.74. The summed E-state index contributed by atoms with van der Waals surface area (Å²) in [7, 11) is 4.15. The number of benzene rings is 1. The number of likely N-dealkylation sites (N-methyl/N-ethyl adjacent to an activating group) is 1. The van der Waals surface area contributed by atoms with E-state index in [1.807, 2.05) is 22.6 Å². The second-order valence-corrected chi connectivity index (χ2v) is 8.69. The average molecular weight is 745 g/mol. The summed E-state index contributed by atoms with van der Waals surface area (Å²) in [5.74, 6) is -2.91. The number of amides is 3. The van der Waals surface area contributed by atoms with Crippen molar-refractivity contribution in [2.45, 2.75) is 6.04 Å². The lowest BCUT2D eigenvalue weighted by Gasteiger charge is -2.20. The number of ether oxygens (including phenoxy) is 2. The molecule has 0 aliphatic heterocycles. The van der Waals surface area contributed by atoms with Crippen molar-refractivity contribution in [3.8, 4) is 0 Å². The summed E-state index contributed by atoms with van der Waals surface area (Å²) in [4.78, 5) is 48.7. The van der Waals surface area contributed by atoms with Gasteiger partial charge in [-0.1, -0.05) is 0 Å². The molecule has 0 aliphatic rings. The maximum atomic E-state index is 13.0. The maximum absolute atomic E-state index is 13.0. The average Bonchev–Trinajstić information content (AvgIpc) is 2.64. The lowest BCUT2D eigenvalue weighted by atomic mass is 10.1. The van der Waals surface area contributed by atoms with Crippen LogP contribution in [0.1, 0.15) is 20.7 Å². The number of halogens is 3. The Bertz CT molecular complexity index is 833. The normalized spacial score (nSPS) is 11.5. The molecule has 0 aliphatic carbocycles. The maximum Gasteiger partial charge on any atom is 0.337 e. The molecule has 0 saturated carbocycles. The largest absolute Gasteiger partial charge is 0.478 e. The van der Waals surface area contributed by atoms with Crippen molar-refractivity contribution in [2.24, 2.45) is 0 Å². The molecule has 1 aromatic rings. The molecule has 160 valence electrons. The van der Waals surface area contributed by atoms with E-state index in [9.17, 15) is 24.3 Å². The van der Waals surface area contributed by atoms with E-state index >= 15 is 0 Å². The molecular weight excluding hydrogens is 727 g/mol. The number of aromatic carboxylic acids is 1. The molecule has 1 atom stereocenters. The molecule has 0 fully saturated rings. The molecule has 0 aromatic heterocycles. The zero-order valence-electron chi connectivity index (χ0n) is 15.5. The van der Waals surface area contributed by atoms with E-state index in [1.165, 1.54) is 21.3 Å². The fourth-order valence-electron chi connectivity index (χ4n) is 2.22. The first-order valence-corrected chi connectivity index (χ1v) is 11.1. The van der Waals surface area contributed by atoms with Crippen LogP contribution in [0.2, 0.25) is 0 Å². The van der Waals surface area contributed by atoms with Crippen LogP contribution >= 0.6 is 67.8 Å². The number of carbonyl (C=O) groups excluding carboxylic acids is 3. The molecule has 3 amide bonds. The van der Waals surface area contributed by atoms with Crippen LogP contribution in [0.3, 0.4) is 0 Å². The Morgan fingerprint density at radius 2 is 1.59 bits per heavy atom. The molecule has 13 heteroatoms. The molecule has 1 rings (SSSR count). The molecule has 0 radical (unpaired) electrons. The first kappa shape index (κ1) is 26.2. The van der Waals surface area contributed by atoms with Gasteiger partial charge in [-0.15, -0.1) is 0 Å². The van der Waals surface area contributed by atoms with Crippen molar-refractivity contribution in [3.63, 3.8) is 0 Å². The van der Waals surface area contributed by atoms with Crippen LogP contribution in [0, 0.1) is 10.7 Å². The molecule has 4 N–H and O–H groups in total. The van der Waals surface area contributed by atoms with Crippen molar-refractivity contribution >= 4 is 97.2 Å². The molecule has 0 bridgehead atoms. The zero-order valence-corrected chi connectivity index (χ0v) is 22.0. The highest BCUT2D eigenvalue weighted by atomic mass is 127. The number of anilines is 1. The van der Waals surface area contributed by atoms with Crippen molar-refractivity contribution in [2.75, 3.05) is 39.8 Å². The highest BCUT2D eigenvalue weighted by molar-refractivity contribution is 14.1. The van der Waals surface area contributed by atoms with Gasteiger partial charge in [0.15, 0.2) is 0 Å². The van der Waals surface area contributed by atoms with Gasteiger partial charge in [0.2, 0.25) is 11.8 Å². The van der Waals surface area contributed by atoms with E-state index in [0.717, 1.165) is 0 Å². The minimum Gasteiger partial charge on any atom is -0.478 e. The van der Waals surface area contributed by atoms with Gasteiger partial charge in [-0.2, -0.15) is 0 Å². The Morgan fingerprint density at radius 1 is 1.00 bits per heavy atom. The van der Waals surface area contributed by atoms with Crippen molar-refractivity contribution in [1.29, 1.82) is 0 Å². The van der Waals surface area contributed by atoms with E-state index in [1.54, 1.807) is 45.2 Å². The fraction of sp³-hybridized carbons (Fsp3) is 0.375. The van der Waals surface area contributed by atoms with E-state index in [4.69, 9.17) is 9.47 Å². The number of hydrogen-bond acceptors (Lipinski definition) is 6. The van der Waals surface area contributed by atoms with Gasteiger partial charge in [0.05, 0.1) is 30.6 Å². The number of hydrogen-bond donors (Lipinski definition) is 4. The van der Waals surface area contributed by atoms with Crippen LogP contribution in [0.15, 0.2) is 0 Å². The lowest BCUT2D eigenvalue weighted by molar-refractivity contribution is -0.123. The van der Waals surface area contributed by atoms with E-state index < -0.39 is 29.7 Å². The van der Waals surface area contributed by atoms with Gasteiger partial charge in [-0.05, 0) is 67.8 Å². The molecule has 0 spiro atoms. The number of carbonyl (C=O) groups is 4. The second kappa shape index (κ2) is 12.2. The third kappa shape index (κ3) is 6.59. The van der Waals surface area contributed by atoms with E-state index in [-0.39, 0.29) is 37.2 Å². The highest BCUT2D eigenvalue weighted by Crippen LogP contribution is 2.35. The van der Waals surface area contributed by atoms with Crippen LogP contribution in [0.25, 0.3) is 0 Å². The summed E-state index contributed by atoms with van der Waals surface area (Å²) in [5, 5.41) is 17.2. The minimum atomic E-state index is -1.26. The van der Waals surface area contributed by atoms with Gasteiger partial charge >= 0.3 is 5.97 Å². The van der Waals surface area contributed by atoms with Crippen LogP contribution in [0.5, 0.6) is 0 Å². The third-order valence-electron chi connectivity index (χ3n) is 3.50. The molecule has 1 aromatic carbocycles. The smallest absolute Gasteiger partial charge is 0.337 e. The number of carboxylic acid groups (broad SMARTS) is 1. The van der Waals surface area contributed by atoms with Gasteiger partial charge in [-0.3, -0.25) is 14.4 Å². The van der Waals surface area contributed by atoms with Crippen LogP contribution in [-0.4, -0.2) is 69.3 Å². The van der Waals surface area contributed by atoms with Crippen molar-refractivity contribution in [3.05, 3.63) is 21.8 Å². The lowest BCUT2D eigenvalue weighted by Crippen LogP contribution is -2.48. The molecule has 0 saturated heterocycles. The number of nitrogens with one attached hydrogen (secondary N) is 3. The van der Waals surface area contributed by atoms with Gasteiger partial charge in [0.1, 0.15) is 12.6 Å². The number of carboxylic acids is 1. The van der Waals surface area contributed by atoms with E-state index in [0.29, 0.717) is 3.57 Å². The zero-order chi connectivity index (χ0) is 22.3. The molecule has 1 unspecified atom stereocenters. The quantitative estimate of drug-likeness (QED) is 0.279. The first-order valence-electron chi connectivity index (χ1n) is 7.84. The Kier molecular flexibility index (Phi) is 11.0. The fourth-order valence-corrected chi connectivity index (χ4v) is 6.61. The van der Waals surface area contributed by atoms with E-state index in [2.05, 4.69) is 16.0 Å². The second-order valence-electron chi connectivity index (χ2n) is 5.45. The van der Waals surface area contributed by atoms with Crippen molar-refractivity contribution in [1.82, 2.24) is 10.6 Å². The Hall–Kier alpha value is -0.790. The summed E-state index contributed by atoms with van der Waals surface area (Å²) in [5.41, 5.74) is 0.0777. The van der Waals surface area contributed by atoms with Gasteiger partial charge in [-0.25, -0.2) is 4.79 Å². The Labute approximate surface area is 207 Å². The van der Waals surface area contributed by atoms with Gasteiger partial charge in [0.25, 0.3) is 5.91 Å². The number of rotatable bonds is 9. The number of methoxy groups -OCH3 is 2. The van der Waals surface area contributed by atoms with Crippen LogP contribution in [0.4, 0.5) is 5.69 Å².